The van der Waals surface area contributed by atoms with Gasteiger partial charge in [-0.25, -0.2) is 9.97 Å². The Morgan fingerprint density at radius 1 is 1.23 bits per heavy atom. The zero-order chi connectivity index (χ0) is 15.6. The second-order valence-corrected chi connectivity index (χ2v) is 6.17. The molecule has 1 aromatic carbocycles. The number of halogens is 3. The molecule has 0 atom stereocenters. The third-order valence-corrected chi connectivity index (χ3v) is 4.13. The molecule has 3 rings (SSSR count). The van der Waals surface area contributed by atoms with Gasteiger partial charge in [-0.15, -0.1) is 0 Å². The smallest absolute Gasteiger partial charge is 0.307 e. The largest absolute Gasteiger partial charge is 0.365 e. The van der Waals surface area contributed by atoms with E-state index in [2.05, 4.69) is 15.3 Å². The molecular weight excluding hydrogens is 308 g/mol. The van der Waals surface area contributed by atoms with Crippen LogP contribution in [0, 0.1) is 0 Å². The van der Waals surface area contributed by atoms with Crippen LogP contribution in [0.3, 0.4) is 0 Å². The van der Waals surface area contributed by atoms with Crippen molar-refractivity contribution < 1.29 is 8.78 Å². The van der Waals surface area contributed by atoms with Gasteiger partial charge >= 0.3 is 5.38 Å². The number of benzene rings is 1. The van der Waals surface area contributed by atoms with Crippen molar-refractivity contribution >= 4 is 11.6 Å². The lowest BCUT2D eigenvalue weighted by atomic mass is 10.0. The maximum absolute atomic E-state index is 13.4. The number of alkyl halides is 3. The number of hydrogen-bond acceptors (Lipinski definition) is 3. The molecule has 0 bridgehead atoms. The number of hydrogen-bond donors (Lipinski definition) is 1. The summed E-state index contributed by atoms with van der Waals surface area (Å²) in [4.78, 5) is 7.52. The van der Waals surface area contributed by atoms with Gasteiger partial charge in [-0.05, 0) is 36.4 Å². The molecule has 1 N–H and O–H groups in total. The Bertz CT molecular complexity index is 639. The van der Waals surface area contributed by atoms with Crippen molar-refractivity contribution in [1.82, 2.24) is 15.3 Å². The number of nitrogens with one attached hydrogen (secondary N) is 1. The molecule has 0 radical (unpaired) electrons. The molecule has 1 saturated carbocycles. The zero-order valence-electron chi connectivity index (χ0n) is 11.9. The fraction of sp³-hybridized carbons (Fsp3) is 0.375. The highest BCUT2D eigenvalue weighted by Crippen LogP contribution is 2.41. The molecule has 0 spiro atoms. The third kappa shape index (κ3) is 3.59. The van der Waals surface area contributed by atoms with Crippen LogP contribution >= 0.6 is 11.6 Å². The molecular formula is C16H16ClF2N3. The topological polar surface area (TPSA) is 37.8 Å². The summed E-state index contributed by atoms with van der Waals surface area (Å²) in [5.74, 6) is 0. The van der Waals surface area contributed by atoms with E-state index >= 15 is 0 Å². The molecule has 6 heteroatoms. The molecule has 0 amide bonds. The van der Waals surface area contributed by atoms with E-state index < -0.39 is 11.1 Å². The van der Waals surface area contributed by atoms with Crippen molar-refractivity contribution in [1.29, 1.82) is 0 Å². The number of nitrogens with zero attached hydrogens (tertiary/aromatic N) is 2. The lowest BCUT2D eigenvalue weighted by molar-refractivity contribution is 0.0883. The molecule has 1 aromatic heterocycles. The summed E-state index contributed by atoms with van der Waals surface area (Å²) in [5, 5.41) is 0.00551. The minimum Gasteiger partial charge on any atom is -0.307 e. The molecule has 0 unspecified atom stereocenters. The van der Waals surface area contributed by atoms with Crippen LogP contribution in [0.4, 0.5) is 8.78 Å². The highest BCUT2D eigenvalue weighted by Gasteiger charge is 2.44. The van der Waals surface area contributed by atoms with Crippen molar-refractivity contribution in [3.8, 4) is 0 Å². The van der Waals surface area contributed by atoms with Gasteiger partial charge in [0.05, 0.1) is 0 Å². The Hall–Kier alpha value is -1.59. The van der Waals surface area contributed by atoms with Crippen LogP contribution in [0.1, 0.15) is 29.7 Å². The van der Waals surface area contributed by atoms with Gasteiger partial charge in [0, 0.05) is 23.8 Å². The zero-order valence-corrected chi connectivity index (χ0v) is 12.7. The van der Waals surface area contributed by atoms with Crippen LogP contribution in [-0.2, 0) is 18.3 Å². The van der Waals surface area contributed by atoms with Crippen molar-refractivity contribution in [2.75, 3.05) is 0 Å². The molecule has 22 heavy (non-hydrogen) atoms. The fourth-order valence-electron chi connectivity index (χ4n) is 2.56. The van der Waals surface area contributed by atoms with Crippen molar-refractivity contribution in [2.24, 2.45) is 0 Å². The van der Waals surface area contributed by atoms with E-state index in [0.29, 0.717) is 18.5 Å². The van der Waals surface area contributed by atoms with Gasteiger partial charge < -0.3 is 5.32 Å². The quantitative estimate of drug-likeness (QED) is 0.825. The summed E-state index contributed by atoms with van der Waals surface area (Å²) in [6.45, 7) is 0.709. The molecule has 116 valence electrons. The Morgan fingerprint density at radius 2 is 1.95 bits per heavy atom. The Balaban J connectivity index is 1.71. The van der Waals surface area contributed by atoms with E-state index in [1.165, 1.54) is 11.8 Å². The monoisotopic (exact) mass is 323 g/mol. The summed E-state index contributed by atoms with van der Waals surface area (Å²) in [7, 11) is 0. The van der Waals surface area contributed by atoms with E-state index in [1.807, 2.05) is 30.3 Å². The molecule has 0 saturated heterocycles. The first kappa shape index (κ1) is 15.3. The van der Waals surface area contributed by atoms with Crippen molar-refractivity contribution in [3.63, 3.8) is 0 Å². The molecule has 1 heterocycles. The van der Waals surface area contributed by atoms with Gasteiger partial charge in [-0.2, -0.15) is 8.78 Å². The van der Waals surface area contributed by atoms with Crippen LogP contribution in [0.25, 0.3) is 0 Å². The highest BCUT2D eigenvalue weighted by molar-refractivity contribution is 6.21. The highest BCUT2D eigenvalue weighted by atomic mass is 35.5. The predicted octanol–water partition coefficient (Wildman–Crippen LogP) is 3.63. The average Bonchev–Trinajstić information content (AvgIpc) is 3.26. The summed E-state index contributed by atoms with van der Waals surface area (Å²) in [5.41, 5.74) is 1.02. The van der Waals surface area contributed by atoms with Gasteiger partial charge in [0.2, 0.25) is 0 Å². The molecule has 1 aliphatic carbocycles. The Morgan fingerprint density at radius 3 is 2.59 bits per heavy atom. The summed E-state index contributed by atoms with van der Waals surface area (Å²) < 4.78 is 26.8. The van der Waals surface area contributed by atoms with Crippen molar-refractivity contribution in [3.05, 3.63) is 59.7 Å². The van der Waals surface area contributed by atoms with Gasteiger partial charge in [0.15, 0.2) is 0 Å². The maximum Gasteiger partial charge on any atom is 0.365 e. The number of rotatable bonds is 6. The third-order valence-electron chi connectivity index (χ3n) is 3.95. The molecule has 2 aromatic rings. The maximum atomic E-state index is 13.4. The Kier molecular flexibility index (Phi) is 4.10. The van der Waals surface area contributed by atoms with E-state index in [9.17, 15) is 8.78 Å². The summed E-state index contributed by atoms with van der Waals surface area (Å²) >= 11 is 5.14. The van der Waals surface area contributed by atoms with Gasteiger partial charge in [-0.3, -0.25) is 0 Å². The molecule has 1 aliphatic rings. The SMILES string of the molecule is FC(F)(Cl)c1ncncc1CC1(NCc2ccccc2)CC1. The van der Waals surface area contributed by atoms with Crippen molar-refractivity contribution in [2.45, 2.75) is 36.7 Å². The second-order valence-electron chi connectivity index (χ2n) is 5.69. The number of aromatic nitrogens is 2. The lowest BCUT2D eigenvalue weighted by Crippen LogP contribution is -2.33. The lowest BCUT2D eigenvalue weighted by Gasteiger charge is -2.20. The van der Waals surface area contributed by atoms with E-state index in [4.69, 9.17) is 11.6 Å². The van der Waals surface area contributed by atoms with Gasteiger partial charge in [0.25, 0.3) is 0 Å². The first-order valence-electron chi connectivity index (χ1n) is 7.14. The second kappa shape index (κ2) is 5.89. The minimum atomic E-state index is -3.46. The van der Waals surface area contributed by atoms with E-state index in [0.717, 1.165) is 19.2 Å². The average molecular weight is 324 g/mol. The predicted molar refractivity (Wildman–Crippen MR) is 80.7 cm³/mol. The summed E-state index contributed by atoms with van der Waals surface area (Å²) in [6, 6.07) is 9.99. The van der Waals surface area contributed by atoms with Crippen LogP contribution in [-0.4, -0.2) is 15.5 Å². The first-order valence-corrected chi connectivity index (χ1v) is 7.51. The standard InChI is InChI=1S/C16H16ClF2N3/c17-16(18,19)14-13(10-20-11-21-14)8-15(6-7-15)22-9-12-4-2-1-3-5-12/h1-5,10-11,22H,6-9H2. The van der Waals surface area contributed by atoms with Crippen LogP contribution < -0.4 is 5.32 Å². The first-order chi connectivity index (χ1) is 10.5. The molecule has 3 nitrogen and oxygen atoms in total. The molecule has 0 aliphatic heterocycles. The molecule has 1 fully saturated rings. The van der Waals surface area contributed by atoms with Crippen LogP contribution in [0.5, 0.6) is 0 Å². The normalized spacial score (nSPS) is 16.5. The van der Waals surface area contributed by atoms with Crippen LogP contribution in [0.15, 0.2) is 42.9 Å². The van der Waals surface area contributed by atoms with Gasteiger partial charge in [-0.1, -0.05) is 30.3 Å². The van der Waals surface area contributed by atoms with Gasteiger partial charge in [0.1, 0.15) is 12.0 Å². The minimum absolute atomic E-state index is 0.155. The van der Waals surface area contributed by atoms with E-state index in [-0.39, 0.29) is 5.54 Å². The Labute approximate surface area is 132 Å². The van der Waals surface area contributed by atoms with Crippen LogP contribution in [0.2, 0.25) is 0 Å². The fourth-order valence-corrected chi connectivity index (χ4v) is 2.73. The van der Waals surface area contributed by atoms with E-state index in [1.54, 1.807) is 0 Å². The summed E-state index contributed by atoms with van der Waals surface area (Å²) in [6.07, 6.45) is 4.89.